The first-order valence-corrected chi connectivity index (χ1v) is 5.68. The van der Waals surface area contributed by atoms with E-state index in [0.29, 0.717) is 0 Å². The van der Waals surface area contributed by atoms with E-state index < -0.39 is 0 Å². The highest BCUT2D eigenvalue weighted by Crippen LogP contribution is 2.18. The van der Waals surface area contributed by atoms with Crippen molar-refractivity contribution in [2.75, 3.05) is 0 Å². The lowest BCUT2D eigenvalue weighted by molar-refractivity contribution is 0.390. The van der Waals surface area contributed by atoms with E-state index in [2.05, 4.69) is 29.3 Å². The third-order valence-electron chi connectivity index (χ3n) is 1.79. The van der Waals surface area contributed by atoms with Crippen molar-refractivity contribution in [3.8, 4) is 5.75 Å². The zero-order valence-corrected chi connectivity index (χ0v) is 9.96. The van der Waals surface area contributed by atoms with E-state index in [4.69, 9.17) is 4.74 Å². The van der Waals surface area contributed by atoms with Gasteiger partial charge in [0.15, 0.2) is 0 Å². The lowest BCUT2D eigenvalue weighted by atomic mass is 10.2. The lowest BCUT2D eigenvalue weighted by Crippen LogP contribution is -1.90. The Morgan fingerprint density at radius 2 is 2.21 bits per heavy atom. The van der Waals surface area contributed by atoms with Crippen LogP contribution in [0.2, 0.25) is 0 Å². The summed E-state index contributed by atoms with van der Waals surface area (Å²) in [5.41, 5.74) is 0. The van der Waals surface area contributed by atoms with Gasteiger partial charge in [-0.15, -0.1) is 0 Å². The number of hydrogen-bond acceptors (Lipinski definition) is 1. The standard InChI is InChI=1S/C12H15BrO/c1-2-3-4-5-9-14-12-8-6-7-11(13)10-12/h3,6-10H,2,4-5H2,1H3. The molecule has 0 fully saturated rings. The molecule has 0 aliphatic carbocycles. The van der Waals surface area contributed by atoms with Crippen molar-refractivity contribution < 1.29 is 4.74 Å². The second-order valence-electron chi connectivity index (χ2n) is 3.02. The van der Waals surface area contributed by atoms with Gasteiger partial charge in [-0.3, -0.25) is 0 Å². The molecule has 2 radical (unpaired) electrons. The highest BCUT2D eigenvalue weighted by atomic mass is 79.9. The van der Waals surface area contributed by atoms with Gasteiger partial charge in [0.05, 0.1) is 0 Å². The van der Waals surface area contributed by atoms with Gasteiger partial charge < -0.3 is 4.74 Å². The molecule has 0 aromatic heterocycles. The van der Waals surface area contributed by atoms with E-state index in [0.717, 1.165) is 29.5 Å². The summed E-state index contributed by atoms with van der Waals surface area (Å²) in [5, 5.41) is 0. The number of halogens is 1. The van der Waals surface area contributed by atoms with Crippen molar-refractivity contribution in [3.63, 3.8) is 0 Å². The van der Waals surface area contributed by atoms with E-state index in [1.54, 1.807) is 0 Å². The third kappa shape index (κ3) is 4.66. The molecule has 1 rings (SSSR count). The highest BCUT2D eigenvalue weighted by molar-refractivity contribution is 9.10. The summed E-state index contributed by atoms with van der Waals surface area (Å²) < 4.78 is 6.50. The molecule has 2 heteroatoms. The predicted molar refractivity (Wildman–Crippen MR) is 62.9 cm³/mol. The second kappa shape index (κ2) is 6.88. The fraction of sp³-hybridized carbons (Fsp3) is 0.333. The van der Waals surface area contributed by atoms with E-state index in [1.807, 2.05) is 30.9 Å². The Bertz CT molecular complexity index is 260. The fourth-order valence-electron chi connectivity index (χ4n) is 1.09. The van der Waals surface area contributed by atoms with E-state index in [-0.39, 0.29) is 0 Å². The third-order valence-corrected chi connectivity index (χ3v) is 2.29. The fourth-order valence-corrected chi connectivity index (χ4v) is 1.46. The summed E-state index contributed by atoms with van der Waals surface area (Å²) in [7, 11) is 0. The maximum absolute atomic E-state index is 5.46. The molecule has 0 atom stereocenters. The van der Waals surface area contributed by atoms with Crippen molar-refractivity contribution in [1.82, 2.24) is 0 Å². The van der Waals surface area contributed by atoms with Gasteiger partial charge in [-0.1, -0.05) is 35.3 Å². The van der Waals surface area contributed by atoms with Gasteiger partial charge in [-0.05, 0) is 37.5 Å². The van der Waals surface area contributed by atoms with Crippen LogP contribution >= 0.6 is 15.9 Å². The van der Waals surface area contributed by atoms with Crippen LogP contribution in [-0.2, 0) is 0 Å². The number of benzene rings is 1. The summed E-state index contributed by atoms with van der Waals surface area (Å²) >= 11 is 3.40. The maximum Gasteiger partial charge on any atom is 0.135 e. The molecule has 0 unspecified atom stereocenters. The van der Waals surface area contributed by atoms with Crippen molar-refractivity contribution >= 4 is 15.9 Å². The Kier molecular flexibility index (Phi) is 5.69. The summed E-state index contributed by atoms with van der Waals surface area (Å²) in [6, 6.07) is 7.86. The van der Waals surface area contributed by atoms with Crippen LogP contribution < -0.4 is 4.74 Å². The minimum Gasteiger partial charge on any atom is -0.487 e. The van der Waals surface area contributed by atoms with E-state index in [1.165, 1.54) is 0 Å². The maximum atomic E-state index is 5.46. The smallest absolute Gasteiger partial charge is 0.135 e. The van der Waals surface area contributed by atoms with Crippen LogP contribution in [0.1, 0.15) is 26.2 Å². The molecular weight excluding hydrogens is 240 g/mol. The Balaban J connectivity index is 2.18. The van der Waals surface area contributed by atoms with Gasteiger partial charge in [0, 0.05) is 4.47 Å². The van der Waals surface area contributed by atoms with Gasteiger partial charge >= 0.3 is 0 Å². The van der Waals surface area contributed by atoms with Crippen molar-refractivity contribution in [2.45, 2.75) is 26.2 Å². The van der Waals surface area contributed by atoms with Crippen molar-refractivity contribution in [3.05, 3.63) is 41.8 Å². The first-order valence-electron chi connectivity index (χ1n) is 4.88. The topological polar surface area (TPSA) is 9.23 Å². The molecule has 14 heavy (non-hydrogen) atoms. The van der Waals surface area contributed by atoms with Gasteiger partial charge in [0.25, 0.3) is 0 Å². The Morgan fingerprint density at radius 3 is 2.93 bits per heavy atom. The average Bonchev–Trinajstić information content (AvgIpc) is 2.18. The van der Waals surface area contributed by atoms with Crippen LogP contribution in [0.3, 0.4) is 0 Å². The largest absolute Gasteiger partial charge is 0.487 e. The quantitative estimate of drug-likeness (QED) is 0.685. The molecule has 1 nitrogen and oxygen atoms in total. The average molecular weight is 255 g/mol. The van der Waals surface area contributed by atoms with Crippen LogP contribution in [0.15, 0.2) is 28.7 Å². The molecule has 0 saturated heterocycles. The predicted octanol–water partition coefficient (Wildman–Crippen LogP) is 4.38. The van der Waals surface area contributed by atoms with Crippen LogP contribution in [0.5, 0.6) is 5.75 Å². The highest BCUT2D eigenvalue weighted by Gasteiger charge is 1.94. The molecule has 0 aliphatic heterocycles. The van der Waals surface area contributed by atoms with Crippen LogP contribution in [0.25, 0.3) is 0 Å². The molecule has 0 aliphatic rings. The molecule has 0 N–H and O–H groups in total. The minimum absolute atomic E-state index is 0.885. The lowest BCUT2D eigenvalue weighted by Gasteiger charge is -2.04. The molecule has 76 valence electrons. The molecule has 1 aromatic carbocycles. The minimum atomic E-state index is 0.885. The SMILES string of the molecule is CC[CH]CC[CH]Oc1cccc(Br)c1. The number of ether oxygens (including phenoxy) is 1. The molecule has 1 aromatic rings. The molecule has 0 saturated carbocycles. The Morgan fingerprint density at radius 1 is 1.36 bits per heavy atom. The van der Waals surface area contributed by atoms with Crippen molar-refractivity contribution in [1.29, 1.82) is 0 Å². The van der Waals surface area contributed by atoms with Crippen molar-refractivity contribution in [2.24, 2.45) is 0 Å². The molecule has 0 bridgehead atoms. The Hall–Kier alpha value is -0.500. The first-order chi connectivity index (χ1) is 6.83. The molecule has 0 amide bonds. The monoisotopic (exact) mass is 254 g/mol. The van der Waals surface area contributed by atoms with E-state index in [9.17, 15) is 0 Å². The second-order valence-corrected chi connectivity index (χ2v) is 3.93. The zero-order chi connectivity index (χ0) is 10.2. The zero-order valence-electron chi connectivity index (χ0n) is 8.37. The summed E-state index contributed by atoms with van der Waals surface area (Å²) in [4.78, 5) is 0. The van der Waals surface area contributed by atoms with Gasteiger partial charge in [-0.2, -0.15) is 0 Å². The summed E-state index contributed by atoms with van der Waals surface area (Å²) in [5.74, 6) is 0.885. The van der Waals surface area contributed by atoms with Gasteiger partial charge in [0.1, 0.15) is 12.4 Å². The van der Waals surface area contributed by atoms with Gasteiger partial charge in [0.2, 0.25) is 0 Å². The Labute approximate surface area is 94.6 Å². The first kappa shape index (κ1) is 11.6. The number of hydrogen-bond donors (Lipinski definition) is 0. The van der Waals surface area contributed by atoms with Crippen LogP contribution in [-0.4, -0.2) is 0 Å². The molecular formula is C12H15BrO. The van der Waals surface area contributed by atoms with Crippen LogP contribution in [0.4, 0.5) is 0 Å². The van der Waals surface area contributed by atoms with Crippen LogP contribution in [0, 0.1) is 13.0 Å². The number of rotatable bonds is 6. The van der Waals surface area contributed by atoms with E-state index >= 15 is 0 Å². The summed E-state index contributed by atoms with van der Waals surface area (Å²) in [6.45, 7) is 4.00. The normalized spacial score (nSPS) is 10.1. The molecule has 0 spiro atoms. The summed E-state index contributed by atoms with van der Waals surface area (Å²) in [6.07, 6.45) is 5.44. The molecule has 0 heterocycles. The number of unbranched alkanes of at least 4 members (excludes halogenated alkanes) is 3. The van der Waals surface area contributed by atoms with Gasteiger partial charge in [-0.25, -0.2) is 0 Å².